The first kappa shape index (κ1) is 26.4. The van der Waals surface area contributed by atoms with Crippen molar-refractivity contribution in [2.24, 2.45) is 0 Å². The lowest BCUT2D eigenvalue weighted by atomic mass is 10.3. The van der Waals surface area contributed by atoms with E-state index in [1.54, 1.807) is 84.9 Å². The van der Waals surface area contributed by atoms with Crippen LogP contribution in [0.15, 0.2) is 84.9 Å². The van der Waals surface area contributed by atoms with Gasteiger partial charge >= 0.3 is 12.1 Å². The van der Waals surface area contributed by atoms with Crippen LogP contribution in [0, 0.1) is 0 Å². The number of urea groups is 2. The Bertz CT molecular complexity index is 1320. The molecule has 4 aromatic carbocycles. The second-order valence-corrected chi connectivity index (χ2v) is 9.24. The predicted molar refractivity (Wildman–Crippen MR) is 151 cm³/mol. The molecule has 4 amide bonds. The van der Waals surface area contributed by atoms with E-state index in [9.17, 15) is 9.59 Å². The van der Waals surface area contributed by atoms with Crippen molar-refractivity contribution >= 4 is 81.2 Å². The highest BCUT2D eigenvalue weighted by atomic mass is 35.5. The van der Waals surface area contributed by atoms with Gasteiger partial charge in [-0.3, -0.25) is 0 Å². The maximum Gasteiger partial charge on any atom is 0.323 e. The first-order valence-corrected chi connectivity index (χ1v) is 12.2. The fraction of sp³-hybridized carbons (Fsp3) is 0. The van der Waals surface area contributed by atoms with Crippen molar-refractivity contribution in [2.75, 3.05) is 21.3 Å². The molecule has 11 heteroatoms. The number of nitrogens with one attached hydrogen (secondary N) is 4. The zero-order valence-electron chi connectivity index (χ0n) is 18.8. The third-order valence-corrected chi connectivity index (χ3v) is 5.94. The molecular formula is C26H18Cl4N4O3. The Morgan fingerprint density at radius 1 is 0.514 bits per heavy atom. The van der Waals surface area contributed by atoms with Crippen LogP contribution in [0.1, 0.15) is 0 Å². The summed E-state index contributed by atoms with van der Waals surface area (Å²) < 4.78 is 5.83. The first-order chi connectivity index (χ1) is 17.7. The normalized spacial score (nSPS) is 10.4. The zero-order valence-corrected chi connectivity index (χ0v) is 21.8. The maximum absolute atomic E-state index is 12.3. The van der Waals surface area contributed by atoms with E-state index in [0.717, 1.165) is 0 Å². The van der Waals surface area contributed by atoms with Gasteiger partial charge in [0.05, 0.1) is 21.4 Å². The fourth-order valence-electron chi connectivity index (χ4n) is 3.10. The van der Waals surface area contributed by atoms with Gasteiger partial charge in [0.25, 0.3) is 0 Å². The molecule has 0 atom stereocenters. The van der Waals surface area contributed by atoms with E-state index in [1.807, 2.05) is 0 Å². The minimum atomic E-state index is -0.470. The molecule has 0 saturated carbocycles. The van der Waals surface area contributed by atoms with Crippen molar-refractivity contribution < 1.29 is 14.3 Å². The number of halogens is 4. The summed E-state index contributed by atoms with van der Waals surface area (Å²) in [7, 11) is 0. The highest BCUT2D eigenvalue weighted by Crippen LogP contribution is 2.28. The van der Waals surface area contributed by atoms with Gasteiger partial charge in [-0.25, -0.2) is 9.59 Å². The lowest BCUT2D eigenvalue weighted by molar-refractivity contribution is 0.261. The van der Waals surface area contributed by atoms with E-state index >= 15 is 0 Å². The van der Waals surface area contributed by atoms with E-state index < -0.39 is 12.1 Å². The Morgan fingerprint density at radius 3 is 1.27 bits per heavy atom. The highest BCUT2D eigenvalue weighted by Gasteiger charge is 2.09. The summed E-state index contributed by atoms with van der Waals surface area (Å²) in [5.74, 6) is 1.11. The topological polar surface area (TPSA) is 91.5 Å². The molecule has 0 saturated heterocycles. The number of carbonyl (C=O) groups excluding carboxylic acids is 2. The van der Waals surface area contributed by atoms with Gasteiger partial charge in [-0.15, -0.1) is 0 Å². The number of anilines is 4. The Balaban J connectivity index is 1.29. The maximum atomic E-state index is 12.3. The molecule has 7 nitrogen and oxygen atoms in total. The summed E-state index contributed by atoms with van der Waals surface area (Å²) in [5, 5.41) is 12.4. The molecule has 188 valence electrons. The molecule has 0 spiro atoms. The summed E-state index contributed by atoms with van der Waals surface area (Å²) in [6, 6.07) is 22.2. The fourth-order valence-corrected chi connectivity index (χ4v) is 3.78. The molecule has 37 heavy (non-hydrogen) atoms. The van der Waals surface area contributed by atoms with Crippen molar-refractivity contribution in [3.05, 3.63) is 105 Å². The van der Waals surface area contributed by atoms with Crippen molar-refractivity contribution in [3.63, 3.8) is 0 Å². The number of ether oxygens (including phenoxy) is 1. The summed E-state index contributed by atoms with van der Waals surface area (Å²) in [4.78, 5) is 24.5. The highest BCUT2D eigenvalue weighted by molar-refractivity contribution is 6.36. The Morgan fingerprint density at radius 2 is 0.892 bits per heavy atom. The summed E-state index contributed by atoms with van der Waals surface area (Å²) in [6.07, 6.45) is 0. The molecule has 4 aromatic rings. The molecule has 0 aliphatic heterocycles. The van der Waals surface area contributed by atoms with Gasteiger partial charge < -0.3 is 26.0 Å². The molecule has 0 unspecified atom stereocenters. The van der Waals surface area contributed by atoms with Gasteiger partial charge in [-0.05, 0) is 84.9 Å². The van der Waals surface area contributed by atoms with Crippen LogP contribution >= 0.6 is 46.4 Å². The Labute approximate surface area is 232 Å². The lowest BCUT2D eigenvalue weighted by Gasteiger charge is -2.11. The SMILES string of the molecule is O=C(Nc1ccc(Oc2ccc(NC(=O)Nc3cc(Cl)ccc3Cl)cc2)cc1)Nc1cc(Cl)ccc1Cl. The molecule has 0 bridgehead atoms. The zero-order chi connectivity index (χ0) is 26.4. The molecule has 4 rings (SSSR count). The average molecular weight is 576 g/mol. The van der Waals surface area contributed by atoms with Crippen LogP contribution in [0.5, 0.6) is 11.5 Å². The van der Waals surface area contributed by atoms with Gasteiger partial charge in [-0.1, -0.05) is 46.4 Å². The van der Waals surface area contributed by atoms with Gasteiger partial charge in [0.1, 0.15) is 11.5 Å². The molecule has 0 aliphatic carbocycles. The van der Waals surface area contributed by atoms with Gasteiger partial charge in [-0.2, -0.15) is 0 Å². The van der Waals surface area contributed by atoms with Crippen LogP contribution in [0.25, 0.3) is 0 Å². The Hall–Kier alpha value is -3.62. The van der Waals surface area contributed by atoms with Crippen LogP contribution in [0.2, 0.25) is 20.1 Å². The second-order valence-electron chi connectivity index (χ2n) is 7.56. The number of amides is 4. The van der Waals surface area contributed by atoms with Crippen LogP contribution in [0.3, 0.4) is 0 Å². The van der Waals surface area contributed by atoms with E-state index in [2.05, 4.69) is 21.3 Å². The third-order valence-electron chi connectivity index (χ3n) is 4.81. The molecule has 4 N–H and O–H groups in total. The van der Waals surface area contributed by atoms with Gasteiger partial charge in [0.2, 0.25) is 0 Å². The lowest BCUT2D eigenvalue weighted by Crippen LogP contribution is -2.19. The summed E-state index contributed by atoms with van der Waals surface area (Å²) >= 11 is 24.0. The third kappa shape index (κ3) is 7.68. The smallest absolute Gasteiger partial charge is 0.323 e. The van der Waals surface area contributed by atoms with Crippen LogP contribution < -0.4 is 26.0 Å². The number of hydrogen-bond acceptors (Lipinski definition) is 3. The van der Waals surface area contributed by atoms with Gasteiger partial charge in [0.15, 0.2) is 0 Å². The number of rotatable bonds is 6. The first-order valence-electron chi connectivity index (χ1n) is 10.7. The van der Waals surface area contributed by atoms with Crippen LogP contribution in [-0.4, -0.2) is 12.1 Å². The van der Waals surface area contributed by atoms with Crippen molar-refractivity contribution in [2.45, 2.75) is 0 Å². The molecule has 0 aliphatic rings. The van der Waals surface area contributed by atoms with Crippen LogP contribution in [-0.2, 0) is 0 Å². The summed E-state index contributed by atoms with van der Waals surface area (Å²) in [6.45, 7) is 0. The van der Waals surface area contributed by atoms with E-state index in [1.165, 1.54) is 0 Å². The van der Waals surface area contributed by atoms with Crippen molar-refractivity contribution in [1.82, 2.24) is 0 Å². The van der Waals surface area contributed by atoms with Crippen LogP contribution in [0.4, 0.5) is 32.3 Å². The molecule has 0 heterocycles. The summed E-state index contributed by atoms with van der Waals surface area (Å²) in [5.41, 5.74) is 1.90. The quantitative estimate of drug-likeness (QED) is 0.184. The Kier molecular flexibility index (Phi) is 8.63. The monoisotopic (exact) mass is 574 g/mol. The standard InChI is InChI=1S/C26H18Cl4N4O3/c27-15-1-11-21(29)23(13-15)33-25(35)31-17-3-7-19(8-4-17)37-20-9-5-18(6-10-20)32-26(36)34-24-14-16(28)2-12-22(24)30/h1-14H,(H2,31,33,35)(H2,32,34,36). The second kappa shape index (κ2) is 12.1. The molecule has 0 fully saturated rings. The van der Waals surface area contributed by atoms with Crippen molar-refractivity contribution in [3.8, 4) is 11.5 Å². The number of carbonyl (C=O) groups is 2. The minimum absolute atomic E-state index is 0.371. The van der Waals surface area contributed by atoms with E-state index in [0.29, 0.717) is 54.3 Å². The van der Waals surface area contributed by atoms with E-state index in [4.69, 9.17) is 51.1 Å². The van der Waals surface area contributed by atoms with Gasteiger partial charge in [0, 0.05) is 21.4 Å². The number of hydrogen-bond donors (Lipinski definition) is 4. The number of benzene rings is 4. The van der Waals surface area contributed by atoms with E-state index in [-0.39, 0.29) is 0 Å². The largest absolute Gasteiger partial charge is 0.457 e. The molecule has 0 aromatic heterocycles. The average Bonchev–Trinajstić information content (AvgIpc) is 2.86. The predicted octanol–water partition coefficient (Wildman–Crippen LogP) is 9.38. The molecule has 0 radical (unpaired) electrons. The van der Waals surface area contributed by atoms with Crippen molar-refractivity contribution in [1.29, 1.82) is 0 Å². The minimum Gasteiger partial charge on any atom is -0.457 e. The molecular weight excluding hydrogens is 558 g/mol.